The fourth-order valence-corrected chi connectivity index (χ4v) is 2.57. The predicted octanol–water partition coefficient (Wildman–Crippen LogP) is 1.05. The molecule has 108 valence electrons. The maximum Gasteiger partial charge on any atom is 0.317 e. The van der Waals surface area contributed by atoms with Gasteiger partial charge in [-0.2, -0.15) is 0 Å². The van der Waals surface area contributed by atoms with Crippen molar-refractivity contribution in [2.75, 3.05) is 36.8 Å². The summed E-state index contributed by atoms with van der Waals surface area (Å²) in [7, 11) is 0. The standard InChI is InChI=1S/C14H21N5O/c15-13-5-4-12(10-16-13)18-6-8-19(9-7-18)14(20)17-11-2-1-3-11/h4-5,10-11H,1-3,6-9H2,(H2,15,16)(H,17,20). The van der Waals surface area contributed by atoms with E-state index in [1.54, 1.807) is 6.20 Å². The highest BCUT2D eigenvalue weighted by Crippen LogP contribution is 2.19. The highest BCUT2D eigenvalue weighted by atomic mass is 16.2. The molecule has 1 saturated heterocycles. The van der Waals surface area contributed by atoms with Crippen LogP contribution >= 0.6 is 0 Å². The van der Waals surface area contributed by atoms with E-state index in [0.717, 1.165) is 44.7 Å². The minimum Gasteiger partial charge on any atom is -0.384 e. The first kappa shape index (κ1) is 13.0. The first-order valence-electron chi connectivity index (χ1n) is 7.24. The number of hydrogen-bond donors (Lipinski definition) is 2. The van der Waals surface area contributed by atoms with Crippen LogP contribution in [-0.2, 0) is 0 Å². The zero-order valence-corrected chi connectivity index (χ0v) is 11.6. The molecule has 0 spiro atoms. The lowest BCUT2D eigenvalue weighted by molar-refractivity contribution is 0.183. The normalized spacial score (nSPS) is 19.6. The van der Waals surface area contributed by atoms with E-state index in [2.05, 4.69) is 15.2 Å². The second-order valence-electron chi connectivity index (χ2n) is 5.49. The Morgan fingerprint density at radius 1 is 1.25 bits per heavy atom. The molecule has 1 aromatic heterocycles. The summed E-state index contributed by atoms with van der Waals surface area (Å²) in [6.07, 6.45) is 5.29. The number of aromatic nitrogens is 1. The van der Waals surface area contributed by atoms with Crippen LogP contribution in [0.15, 0.2) is 18.3 Å². The van der Waals surface area contributed by atoms with Crippen LogP contribution in [0.2, 0.25) is 0 Å². The monoisotopic (exact) mass is 275 g/mol. The van der Waals surface area contributed by atoms with E-state index >= 15 is 0 Å². The number of piperazine rings is 1. The number of nitrogens with zero attached hydrogens (tertiary/aromatic N) is 3. The van der Waals surface area contributed by atoms with Gasteiger partial charge in [-0.15, -0.1) is 0 Å². The third kappa shape index (κ3) is 2.79. The average Bonchev–Trinajstić information content (AvgIpc) is 2.44. The number of nitrogen functional groups attached to an aromatic ring is 1. The Kier molecular flexibility index (Phi) is 3.62. The molecule has 0 atom stereocenters. The molecule has 1 aromatic rings. The van der Waals surface area contributed by atoms with Crippen molar-refractivity contribution in [2.24, 2.45) is 0 Å². The Hall–Kier alpha value is -1.98. The molecule has 2 aliphatic rings. The summed E-state index contributed by atoms with van der Waals surface area (Å²) in [5.74, 6) is 0.535. The minimum absolute atomic E-state index is 0.0878. The van der Waals surface area contributed by atoms with Crippen molar-refractivity contribution in [1.29, 1.82) is 0 Å². The van der Waals surface area contributed by atoms with Crippen LogP contribution < -0.4 is 16.0 Å². The molecule has 20 heavy (non-hydrogen) atoms. The molecule has 2 fully saturated rings. The van der Waals surface area contributed by atoms with Crippen LogP contribution in [0.4, 0.5) is 16.3 Å². The molecule has 0 radical (unpaired) electrons. The van der Waals surface area contributed by atoms with Crippen molar-refractivity contribution in [1.82, 2.24) is 15.2 Å². The topological polar surface area (TPSA) is 74.5 Å². The Labute approximate surface area is 118 Å². The number of hydrogen-bond acceptors (Lipinski definition) is 4. The lowest BCUT2D eigenvalue weighted by Gasteiger charge is -2.37. The molecule has 2 heterocycles. The molecule has 0 aromatic carbocycles. The number of carbonyl (C=O) groups excluding carboxylic acids is 1. The summed E-state index contributed by atoms with van der Waals surface area (Å²) in [6, 6.07) is 4.28. The average molecular weight is 275 g/mol. The van der Waals surface area contributed by atoms with Gasteiger partial charge in [0, 0.05) is 32.2 Å². The van der Waals surface area contributed by atoms with Gasteiger partial charge in [-0.25, -0.2) is 9.78 Å². The summed E-state index contributed by atoms with van der Waals surface area (Å²) in [6.45, 7) is 3.18. The number of amides is 2. The van der Waals surface area contributed by atoms with Crippen molar-refractivity contribution in [3.63, 3.8) is 0 Å². The van der Waals surface area contributed by atoms with Gasteiger partial charge in [0.1, 0.15) is 5.82 Å². The van der Waals surface area contributed by atoms with Crippen molar-refractivity contribution in [2.45, 2.75) is 25.3 Å². The molecule has 2 amide bonds. The maximum atomic E-state index is 12.1. The molecule has 1 aliphatic heterocycles. The van der Waals surface area contributed by atoms with Gasteiger partial charge in [-0.3, -0.25) is 0 Å². The third-order valence-corrected chi connectivity index (χ3v) is 4.14. The summed E-state index contributed by atoms with van der Waals surface area (Å²) in [5.41, 5.74) is 6.66. The van der Waals surface area contributed by atoms with E-state index in [4.69, 9.17) is 5.73 Å². The lowest BCUT2D eigenvalue weighted by atomic mass is 9.93. The number of nitrogens with one attached hydrogen (secondary N) is 1. The van der Waals surface area contributed by atoms with Crippen molar-refractivity contribution in [3.05, 3.63) is 18.3 Å². The summed E-state index contributed by atoms with van der Waals surface area (Å²) >= 11 is 0. The Bertz CT molecular complexity index is 463. The van der Waals surface area contributed by atoms with Gasteiger partial charge in [0.2, 0.25) is 0 Å². The van der Waals surface area contributed by atoms with E-state index < -0.39 is 0 Å². The number of carbonyl (C=O) groups is 1. The number of anilines is 2. The molecule has 1 aliphatic carbocycles. The molecule has 3 rings (SSSR count). The largest absolute Gasteiger partial charge is 0.384 e. The first-order chi connectivity index (χ1) is 9.72. The minimum atomic E-state index is 0.0878. The van der Waals surface area contributed by atoms with Gasteiger partial charge in [0.15, 0.2) is 0 Å². The molecule has 3 N–H and O–H groups in total. The smallest absolute Gasteiger partial charge is 0.317 e. The third-order valence-electron chi connectivity index (χ3n) is 4.14. The van der Waals surface area contributed by atoms with Gasteiger partial charge < -0.3 is 20.9 Å². The number of rotatable bonds is 2. The SMILES string of the molecule is Nc1ccc(N2CCN(C(=O)NC3CCC3)CC2)cn1. The lowest BCUT2D eigenvalue weighted by Crippen LogP contribution is -2.54. The van der Waals surface area contributed by atoms with Crippen LogP contribution in [-0.4, -0.2) is 48.1 Å². The van der Waals surface area contributed by atoms with Gasteiger partial charge >= 0.3 is 6.03 Å². The summed E-state index contributed by atoms with van der Waals surface area (Å²) in [5, 5.41) is 3.09. The van der Waals surface area contributed by atoms with Crippen LogP contribution in [0.5, 0.6) is 0 Å². The fraction of sp³-hybridized carbons (Fsp3) is 0.571. The van der Waals surface area contributed by atoms with E-state index in [1.165, 1.54) is 6.42 Å². The number of nitrogens with two attached hydrogens (primary N) is 1. The maximum absolute atomic E-state index is 12.1. The Balaban J connectivity index is 1.51. The number of urea groups is 1. The van der Waals surface area contributed by atoms with Gasteiger partial charge in [0.25, 0.3) is 0 Å². The van der Waals surface area contributed by atoms with Crippen LogP contribution in [0, 0.1) is 0 Å². The van der Waals surface area contributed by atoms with Crippen LogP contribution in [0.3, 0.4) is 0 Å². The van der Waals surface area contributed by atoms with E-state index in [9.17, 15) is 4.79 Å². The molecule has 6 nitrogen and oxygen atoms in total. The molecular weight excluding hydrogens is 254 g/mol. The van der Waals surface area contributed by atoms with Gasteiger partial charge in [-0.1, -0.05) is 0 Å². The molecule has 1 saturated carbocycles. The summed E-state index contributed by atoms with van der Waals surface area (Å²) < 4.78 is 0. The van der Waals surface area contributed by atoms with E-state index in [1.807, 2.05) is 17.0 Å². The molecule has 0 bridgehead atoms. The second kappa shape index (κ2) is 5.56. The molecular formula is C14H21N5O. The molecule has 0 unspecified atom stereocenters. The highest BCUT2D eigenvalue weighted by Gasteiger charge is 2.25. The van der Waals surface area contributed by atoms with Crippen molar-refractivity contribution >= 4 is 17.5 Å². The fourth-order valence-electron chi connectivity index (χ4n) is 2.57. The summed E-state index contributed by atoms with van der Waals surface area (Å²) in [4.78, 5) is 20.3. The highest BCUT2D eigenvalue weighted by molar-refractivity contribution is 5.75. The van der Waals surface area contributed by atoms with Crippen molar-refractivity contribution in [3.8, 4) is 0 Å². The van der Waals surface area contributed by atoms with Crippen molar-refractivity contribution < 1.29 is 4.79 Å². The van der Waals surface area contributed by atoms with Crippen LogP contribution in [0.25, 0.3) is 0 Å². The Morgan fingerprint density at radius 3 is 2.55 bits per heavy atom. The first-order valence-corrected chi connectivity index (χ1v) is 7.24. The van der Waals surface area contributed by atoms with E-state index in [0.29, 0.717) is 11.9 Å². The predicted molar refractivity (Wildman–Crippen MR) is 78.6 cm³/mol. The zero-order valence-electron chi connectivity index (χ0n) is 11.6. The van der Waals surface area contributed by atoms with Gasteiger partial charge in [-0.05, 0) is 31.4 Å². The van der Waals surface area contributed by atoms with Crippen LogP contribution in [0.1, 0.15) is 19.3 Å². The number of pyridine rings is 1. The second-order valence-corrected chi connectivity index (χ2v) is 5.49. The van der Waals surface area contributed by atoms with Gasteiger partial charge in [0.05, 0.1) is 11.9 Å². The quantitative estimate of drug-likeness (QED) is 0.846. The Morgan fingerprint density at radius 2 is 2.00 bits per heavy atom. The molecule has 6 heteroatoms. The van der Waals surface area contributed by atoms with E-state index in [-0.39, 0.29) is 6.03 Å². The zero-order chi connectivity index (χ0) is 13.9.